The van der Waals surface area contributed by atoms with Crippen molar-refractivity contribution in [2.24, 2.45) is 0 Å². The molecule has 0 saturated carbocycles. The van der Waals surface area contributed by atoms with Crippen LogP contribution in [0.15, 0.2) is 54.6 Å². The number of amides is 3. The zero-order valence-electron chi connectivity index (χ0n) is 16.9. The second-order valence-corrected chi connectivity index (χ2v) is 7.04. The van der Waals surface area contributed by atoms with E-state index < -0.39 is 29.9 Å². The zero-order chi connectivity index (χ0) is 22.4. The Kier molecular flexibility index (Phi) is 6.86. The average Bonchev–Trinajstić information content (AvgIpc) is 3.23. The van der Waals surface area contributed by atoms with Crippen molar-refractivity contribution in [3.8, 4) is 0 Å². The van der Waals surface area contributed by atoms with Crippen LogP contribution in [-0.2, 0) is 14.3 Å². The summed E-state index contributed by atoms with van der Waals surface area (Å²) in [6.07, 6.45) is 0.867. The molecule has 1 saturated heterocycles. The van der Waals surface area contributed by atoms with Gasteiger partial charge in [-0.05, 0) is 36.6 Å². The largest absolute Gasteiger partial charge is 0.480 e. The molecule has 1 aliphatic heterocycles. The third-order valence-corrected chi connectivity index (χ3v) is 5.08. The maximum atomic E-state index is 12.8. The van der Waals surface area contributed by atoms with E-state index in [-0.39, 0.29) is 18.2 Å². The van der Waals surface area contributed by atoms with Crippen LogP contribution in [0.1, 0.15) is 34.8 Å². The minimum atomic E-state index is -1.07. The molecule has 2 unspecified atom stereocenters. The predicted octanol–water partition coefficient (Wildman–Crippen LogP) is 2.41. The highest BCUT2D eigenvalue weighted by Crippen LogP contribution is 2.36. The van der Waals surface area contributed by atoms with Crippen LogP contribution < -0.4 is 10.6 Å². The number of nitrogens with one attached hydrogen (secondary N) is 2. The minimum Gasteiger partial charge on any atom is -0.480 e. The number of benzene rings is 2. The summed E-state index contributed by atoms with van der Waals surface area (Å²) in [5, 5.41) is 14.5. The lowest BCUT2D eigenvalue weighted by Crippen LogP contribution is -2.47. The summed E-state index contributed by atoms with van der Waals surface area (Å²) < 4.78 is 4.64. The van der Waals surface area contributed by atoms with Gasteiger partial charge in [0, 0.05) is 5.69 Å². The van der Waals surface area contributed by atoms with Gasteiger partial charge in [-0.1, -0.05) is 36.4 Å². The van der Waals surface area contributed by atoms with Gasteiger partial charge >= 0.3 is 18.0 Å². The van der Waals surface area contributed by atoms with Gasteiger partial charge in [0.15, 0.2) is 0 Å². The van der Waals surface area contributed by atoms with Gasteiger partial charge in [-0.2, -0.15) is 0 Å². The highest BCUT2D eigenvalue weighted by molar-refractivity contribution is 5.95. The Bertz CT molecular complexity index is 978. The van der Waals surface area contributed by atoms with E-state index in [1.165, 1.54) is 18.1 Å². The Hall–Kier alpha value is -3.88. The van der Waals surface area contributed by atoms with E-state index in [0.717, 1.165) is 5.56 Å². The number of nitrogens with zero attached hydrogens (tertiary/aromatic N) is 1. The number of likely N-dealkylation sites (tertiary alicyclic amines) is 1. The van der Waals surface area contributed by atoms with Crippen molar-refractivity contribution in [2.75, 3.05) is 19.0 Å². The number of methoxy groups -OCH3 is 1. The molecule has 1 fully saturated rings. The molecule has 0 bridgehead atoms. The van der Waals surface area contributed by atoms with Gasteiger partial charge < -0.3 is 25.4 Å². The fourth-order valence-electron chi connectivity index (χ4n) is 3.67. The van der Waals surface area contributed by atoms with E-state index in [4.69, 9.17) is 0 Å². The number of hydrogen-bond donors (Lipinski definition) is 3. The van der Waals surface area contributed by atoms with Crippen LogP contribution in [0, 0.1) is 0 Å². The highest BCUT2D eigenvalue weighted by Gasteiger charge is 2.41. The molecule has 3 amide bonds. The number of aliphatic carboxylic acids is 1. The van der Waals surface area contributed by atoms with Crippen LogP contribution in [-0.4, -0.2) is 53.6 Å². The molecule has 0 radical (unpaired) electrons. The predicted molar refractivity (Wildman–Crippen MR) is 111 cm³/mol. The van der Waals surface area contributed by atoms with Crippen LogP contribution >= 0.6 is 0 Å². The number of carboxylic acid groups (broad SMARTS) is 1. The Labute approximate surface area is 179 Å². The molecule has 31 heavy (non-hydrogen) atoms. The molecule has 1 aliphatic rings. The van der Waals surface area contributed by atoms with Gasteiger partial charge in [0.05, 0.1) is 25.3 Å². The Morgan fingerprint density at radius 1 is 1.06 bits per heavy atom. The second kappa shape index (κ2) is 9.75. The van der Waals surface area contributed by atoms with E-state index in [1.807, 2.05) is 30.3 Å². The topological polar surface area (TPSA) is 125 Å². The lowest BCUT2D eigenvalue weighted by Gasteiger charge is -2.28. The van der Waals surface area contributed by atoms with Gasteiger partial charge in [-0.25, -0.2) is 14.4 Å². The first-order valence-corrected chi connectivity index (χ1v) is 9.73. The number of hydrogen-bond acceptors (Lipinski definition) is 5. The van der Waals surface area contributed by atoms with Crippen molar-refractivity contribution in [1.29, 1.82) is 0 Å². The molecule has 0 aromatic heterocycles. The molecule has 3 rings (SSSR count). The minimum absolute atomic E-state index is 0.267. The first-order valence-electron chi connectivity index (χ1n) is 9.73. The number of carboxylic acids is 1. The Morgan fingerprint density at radius 2 is 1.81 bits per heavy atom. The third-order valence-electron chi connectivity index (χ3n) is 5.08. The fraction of sp³-hybridized carbons (Fsp3) is 0.273. The number of rotatable bonds is 6. The molecule has 162 valence electrons. The monoisotopic (exact) mass is 425 g/mol. The molecule has 2 atom stereocenters. The first-order chi connectivity index (χ1) is 14.9. The highest BCUT2D eigenvalue weighted by atomic mass is 16.5. The van der Waals surface area contributed by atoms with Gasteiger partial charge in [0.25, 0.3) is 0 Å². The lowest BCUT2D eigenvalue weighted by molar-refractivity contribution is -0.149. The van der Waals surface area contributed by atoms with Gasteiger partial charge in [0.1, 0.15) is 6.04 Å². The summed E-state index contributed by atoms with van der Waals surface area (Å²) >= 11 is 0. The summed E-state index contributed by atoms with van der Waals surface area (Å²) in [6.45, 7) is -0.365. The number of esters is 1. The van der Waals surface area contributed by atoms with E-state index >= 15 is 0 Å². The van der Waals surface area contributed by atoms with Crippen LogP contribution in [0.5, 0.6) is 0 Å². The number of anilines is 1. The maximum absolute atomic E-state index is 12.8. The second-order valence-electron chi connectivity index (χ2n) is 7.04. The van der Waals surface area contributed by atoms with E-state index in [2.05, 4.69) is 15.4 Å². The van der Waals surface area contributed by atoms with Crippen molar-refractivity contribution in [2.45, 2.75) is 24.9 Å². The SMILES string of the molecule is COC(=O)c1cccc(NC(=O)NCC(=O)N2C(C(=O)O)CCC2c2ccccc2)c1. The smallest absolute Gasteiger partial charge is 0.337 e. The molecule has 9 heteroatoms. The van der Waals surface area contributed by atoms with Crippen LogP contribution in [0.2, 0.25) is 0 Å². The van der Waals surface area contributed by atoms with Crippen molar-refractivity contribution >= 4 is 29.6 Å². The van der Waals surface area contributed by atoms with Crippen LogP contribution in [0.25, 0.3) is 0 Å². The summed E-state index contributed by atoms with van der Waals surface area (Å²) in [4.78, 5) is 49.6. The van der Waals surface area contributed by atoms with Crippen molar-refractivity contribution in [3.63, 3.8) is 0 Å². The molecule has 1 heterocycles. The van der Waals surface area contributed by atoms with Crippen molar-refractivity contribution in [1.82, 2.24) is 10.2 Å². The maximum Gasteiger partial charge on any atom is 0.337 e. The molecular weight excluding hydrogens is 402 g/mol. The number of carbonyl (C=O) groups is 4. The summed E-state index contributed by atoms with van der Waals surface area (Å²) in [6, 6.07) is 13.4. The van der Waals surface area contributed by atoms with E-state index in [9.17, 15) is 24.3 Å². The normalized spacial score (nSPS) is 17.6. The molecule has 2 aromatic carbocycles. The lowest BCUT2D eigenvalue weighted by atomic mass is 10.0. The number of urea groups is 1. The molecular formula is C22H23N3O6. The molecule has 9 nitrogen and oxygen atoms in total. The van der Waals surface area contributed by atoms with Crippen molar-refractivity contribution < 1.29 is 29.0 Å². The van der Waals surface area contributed by atoms with Gasteiger partial charge in [-0.3, -0.25) is 4.79 Å². The Morgan fingerprint density at radius 3 is 2.48 bits per heavy atom. The summed E-state index contributed by atoms with van der Waals surface area (Å²) in [7, 11) is 1.26. The average molecular weight is 425 g/mol. The summed E-state index contributed by atoms with van der Waals surface area (Å²) in [5.74, 6) is -2.10. The van der Waals surface area contributed by atoms with Crippen LogP contribution in [0.4, 0.5) is 10.5 Å². The number of ether oxygens (including phenoxy) is 1. The first kappa shape index (κ1) is 21.8. The fourth-order valence-corrected chi connectivity index (χ4v) is 3.67. The molecule has 0 aliphatic carbocycles. The quantitative estimate of drug-likeness (QED) is 0.611. The summed E-state index contributed by atoms with van der Waals surface area (Å²) in [5.41, 5.74) is 1.46. The van der Waals surface area contributed by atoms with E-state index in [1.54, 1.807) is 18.2 Å². The van der Waals surface area contributed by atoms with Crippen LogP contribution in [0.3, 0.4) is 0 Å². The molecule has 3 N–H and O–H groups in total. The molecule has 2 aromatic rings. The van der Waals surface area contributed by atoms with Gasteiger partial charge in [-0.15, -0.1) is 0 Å². The standard InChI is InChI=1S/C22H23N3O6/c1-31-21(29)15-8-5-9-16(12-15)24-22(30)23-13-19(26)25-17(10-11-18(25)20(27)28)14-6-3-2-4-7-14/h2-9,12,17-18H,10-11,13H2,1H3,(H,27,28)(H2,23,24,30). The molecule has 0 spiro atoms. The Balaban J connectivity index is 1.64. The van der Waals surface area contributed by atoms with E-state index in [0.29, 0.717) is 18.5 Å². The zero-order valence-corrected chi connectivity index (χ0v) is 16.9. The van der Waals surface area contributed by atoms with Gasteiger partial charge in [0.2, 0.25) is 5.91 Å². The third kappa shape index (κ3) is 5.19. The number of carbonyl (C=O) groups excluding carboxylic acids is 3. The van der Waals surface area contributed by atoms with Crippen molar-refractivity contribution in [3.05, 3.63) is 65.7 Å².